The van der Waals surface area contributed by atoms with Crippen LogP contribution in [0.3, 0.4) is 0 Å². The van der Waals surface area contributed by atoms with Crippen molar-refractivity contribution >= 4 is 23.7 Å². The van der Waals surface area contributed by atoms with E-state index in [0.717, 1.165) is 0 Å². The first-order valence-corrected chi connectivity index (χ1v) is 9.67. The quantitative estimate of drug-likeness (QED) is 0.301. The van der Waals surface area contributed by atoms with Crippen molar-refractivity contribution in [3.05, 3.63) is 23.3 Å². The molecule has 2 aliphatic heterocycles. The summed E-state index contributed by atoms with van der Waals surface area (Å²) >= 11 is 0. The molecule has 0 spiro atoms. The molecule has 2 heterocycles. The molecule has 8 nitrogen and oxygen atoms in total. The fourth-order valence-electron chi connectivity index (χ4n) is 3.84. The fraction of sp³-hybridized carbons (Fsp3) is 0.619. The van der Waals surface area contributed by atoms with Crippen molar-refractivity contribution in [3.8, 4) is 0 Å². The zero-order valence-corrected chi connectivity index (χ0v) is 17.1. The van der Waals surface area contributed by atoms with Gasteiger partial charge in [-0.1, -0.05) is 13.5 Å². The molecule has 8 heteroatoms. The molecule has 1 saturated heterocycles. The Morgan fingerprint density at radius 3 is 2.59 bits per heavy atom. The maximum Gasteiger partial charge on any atom is 0.338 e. The summed E-state index contributed by atoms with van der Waals surface area (Å²) in [6.07, 6.45) is -1.09. The molecule has 29 heavy (non-hydrogen) atoms. The summed E-state index contributed by atoms with van der Waals surface area (Å²) in [4.78, 5) is 48.7. The minimum Gasteiger partial charge on any atom is -0.461 e. The van der Waals surface area contributed by atoms with Crippen molar-refractivity contribution in [1.82, 2.24) is 0 Å². The van der Waals surface area contributed by atoms with Crippen molar-refractivity contribution < 1.29 is 38.1 Å². The van der Waals surface area contributed by atoms with E-state index >= 15 is 0 Å². The highest BCUT2D eigenvalue weighted by Crippen LogP contribution is 2.49. The van der Waals surface area contributed by atoms with E-state index in [2.05, 4.69) is 6.58 Å². The zero-order chi connectivity index (χ0) is 21.5. The molecule has 3 rings (SSSR count). The molecular formula is C21H26O8. The summed E-state index contributed by atoms with van der Waals surface area (Å²) in [7, 11) is 0. The molecule has 0 aromatic rings. The largest absolute Gasteiger partial charge is 0.461 e. The predicted octanol–water partition coefficient (Wildman–Crippen LogP) is 1.81. The zero-order valence-electron chi connectivity index (χ0n) is 17.1. The number of hydrogen-bond acceptors (Lipinski definition) is 8. The van der Waals surface area contributed by atoms with E-state index in [0.29, 0.717) is 18.4 Å². The maximum atomic E-state index is 12.6. The molecule has 158 valence electrons. The normalized spacial score (nSPS) is 33.9. The van der Waals surface area contributed by atoms with Gasteiger partial charge in [0.2, 0.25) is 0 Å². The highest BCUT2D eigenvalue weighted by atomic mass is 16.6. The van der Waals surface area contributed by atoms with E-state index in [1.807, 2.05) is 6.92 Å². The molecule has 0 unspecified atom stereocenters. The SMILES string of the molecule is C=C(C)C(=O)O[C@@H]1C[C@H](C)C(=O)CC[C@]2(C)O[C@@H]2[C@@H]2OC(=O)C(COC(C)=O)=C21. The number of Topliss-reactive ketones (excluding diaryl/α,β-unsaturated/α-hetero) is 1. The van der Waals surface area contributed by atoms with Gasteiger partial charge in [-0.05, 0) is 26.7 Å². The van der Waals surface area contributed by atoms with Gasteiger partial charge < -0.3 is 18.9 Å². The third-order valence-electron chi connectivity index (χ3n) is 5.70. The number of fused-ring (bicyclic) bond motifs is 3. The van der Waals surface area contributed by atoms with Crippen molar-refractivity contribution in [1.29, 1.82) is 0 Å². The number of epoxide rings is 1. The van der Waals surface area contributed by atoms with Gasteiger partial charge in [0, 0.05) is 30.4 Å². The van der Waals surface area contributed by atoms with Crippen LogP contribution >= 0.6 is 0 Å². The number of ether oxygens (including phenoxy) is 4. The lowest BCUT2D eigenvalue weighted by molar-refractivity contribution is -0.145. The monoisotopic (exact) mass is 406 g/mol. The molecule has 3 aliphatic rings. The van der Waals surface area contributed by atoms with Crippen LogP contribution in [0.15, 0.2) is 23.3 Å². The molecule has 1 aliphatic carbocycles. The Labute approximate surface area is 169 Å². The standard InChI is InChI=1S/C21H26O8/c1-10(2)19(24)27-15-8-11(3)14(23)6-7-21(5)18(29-21)17-16(15)13(20(25)28-17)9-26-12(4)22/h11,15,17-18H,1,6-9H2,2-5H3/t11-,15+,17+,18+,21-/m0/s1. The Bertz CT molecular complexity index is 809. The second-order valence-corrected chi connectivity index (χ2v) is 8.17. The number of ketones is 1. The van der Waals surface area contributed by atoms with E-state index in [-0.39, 0.29) is 30.0 Å². The molecule has 0 aromatic carbocycles. The molecule has 0 N–H and O–H groups in total. The van der Waals surface area contributed by atoms with E-state index in [4.69, 9.17) is 18.9 Å². The van der Waals surface area contributed by atoms with Gasteiger partial charge in [-0.25, -0.2) is 9.59 Å². The number of carbonyl (C=O) groups excluding carboxylic acids is 4. The molecule has 0 bridgehead atoms. The molecule has 2 fully saturated rings. The number of carbonyl (C=O) groups is 4. The van der Waals surface area contributed by atoms with Crippen LogP contribution < -0.4 is 0 Å². The van der Waals surface area contributed by atoms with Crippen molar-refractivity contribution in [2.24, 2.45) is 5.92 Å². The van der Waals surface area contributed by atoms with E-state index in [1.54, 1.807) is 6.92 Å². The van der Waals surface area contributed by atoms with Crippen LogP contribution in [0.5, 0.6) is 0 Å². The Balaban J connectivity index is 2.05. The second kappa shape index (κ2) is 7.74. The highest BCUT2D eigenvalue weighted by molar-refractivity contribution is 5.94. The second-order valence-electron chi connectivity index (χ2n) is 8.17. The molecule has 5 atom stereocenters. The first kappa shape index (κ1) is 21.2. The summed E-state index contributed by atoms with van der Waals surface area (Å²) in [6, 6.07) is 0. The number of hydrogen-bond donors (Lipinski definition) is 0. The van der Waals surface area contributed by atoms with E-state index in [9.17, 15) is 19.2 Å². The van der Waals surface area contributed by atoms with E-state index in [1.165, 1.54) is 13.8 Å². The van der Waals surface area contributed by atoms with Crippen LogP contribution in [0.1, 0.15) is 47.0 Å². The third-order valence-corrected chi connectivity index (χ3v) is 5.70. The molecule has 0 aromatic heterocycles. The van der Waals surface area contributed by atoms with Gasteiger partial charge in [-0.15, -0.1) is 0 Å². The third kappa shape index (κ3) is 4.27. The smallest absolute Gasteiger partial charge is 0.338 e. The van der Waals surface area contributed by atoms with Gasteiger partial charge in [0.1, 0.15) is 24.6 Å². The Morgan fingerprint density at radius 2 is 1.97 bits per heavy atom. The van der Waals surface area contributed by atoms with Crippen LogP contribution in [0.25, 0.3) is 0 Å². The number of esters is 3. The van der Waals surface area contributed by atoms with Gasteiger partial charge >= 0.3 is 17.9 Å². The Hall–Kier alpha value is -2.48. The molecule has 0 amide bonds. The first-order valence-electron chi connectivity index (χ1n) is 9.67. The van der Waals surface area contributed by atoms with Gasteiger partial charge in [-0.2, -0.15) is 0 Å². The van der Waals surface area contributed by atoms with Gasteiger partial charge in [0.15, 0.2) is 6.10 Å². The van der Waals surface area contributed by atoms with Gasteiger partial charge in [-0.3, -0.25) is 9.59 Å². The Kier molecular flexibility index (Phi) is 5.67. The van der Waals surface area contributed by atoms with Crippen LogP contribution in [0.4, 0.5) is 0 Å². The minimum absolute atomic E-state index is 0.0303. The van der Waals surface area contributed by atoms with Gasteiger partial charge in [0.25, 0.3) is 0 Å². The average molecular weight is 406 g/mol. The van der Waals surface area contributed by atoms with Crippen molar-refractivity contribution in [3.63, 3.8) is 0 Å². The number of rotatable bonds is 4. The minimum atomic E-state index is -0.897. The first-order chi connectivity index (χ1) is 13.5. The highest BCUT2D eigenvalue weighted by Gasteiger charge is 2.62. The maximum absolute atomic E-state index is 12.6. The Morgan fingerprint density at radius 1 is 1.28 bits per heavy atom. The summed E-state index contributed by atoms with van der Waals surface area (Å²) in [5.41, 5.74) is 0.115. The van der Waals surface area contributed by atoms with Crippen LogP contribution in [-0.4, -0.2) is 54.2 Å². The fourth-order valence-corrected chi connectivity index (χ4v) is 3.84. The van der Waals surface area contributed by atoms with Crippen molar-refractivity contribution in [2.45, 2.75) is 70.9 Å². The van der Waals surface area contributed by atoms with Crippen LogP contribution in [0, 0.1) is 5.92 Å². The van der Waals surface area contributed by atoms with Crippen LogP contribution in [-0.2, 0) is 38.1 Å². The molecular weight excluding hydrogens is 380 g/mol. The summed E-state index contributed by atoms with van der Waals surface area (Å²) in [5, 5.41) is 0. The van der Waals surface area contributed by atoms with Crippen LogP contribution in [0.2, 0.25) is 0 Å². The topological polar surface area (TPSA) is 109 Å². The molecule has 0 radical (unpaired) electrons. The predicted molar refractivity (Wildman–Crippen MR) is 99.5 cm³/mol. The lowest BCUT2D eigenvalue weighted by Gasteiger charge is -2.27. The summed E-state index contributed by atoms with van der Waals surface area (Å²) in [5.74, 6) is -2.21. The lowest BCUT2D eigenvalue weighted by Crippen LogP contribution is -2.36. The summed E-state index contributed by atoms with van der Waals surface area (Å²) in [6.45, 7) is 9.67. The van der Waals surface area contributed by atoms with E-state index < -0.39 is 47.7 Å². The lowest BCUT2D eigenvalue weighted by atomic mass is 9.83. The van der Waals surface area contributed by atoms with Gasteiger partial charge in [0.05, 0.1) is 11.2 Å². The molecule has 1 saturated carbocycles. The average Bonchev–Trinajstić information content (AvgIpc) is 3.20. The summed E-state index contributed by atoms with van der Waals surface area (Å²) < 4.78 is 22.1. The van der Waals surface area contributed by atoms with Crippen molar-refractivity contribution in [2.75, 3.05) is 6.61 Å².